The van der Waals surface area contributed by atoms with Crippen LogP contribution in [0.4, 0.5) is 4.39 Å². The molecule has 1 saturated carbocycles. The van der Waals surface area contributed by atoms with Crippen LogP contribution in [0.3, 0.4) is 0 Å². The molecule has 3 fully saturated rings. The molecule has 0 radical (unpaired) electrons. The zero-order valence-electron chi connectivity index (χ0n) is 23.3. The Morgan fingerprint density at radius 1 is 1.16 bits per heavy atom. The van der Waals surface area contributed by atoms with Gasteiger partial charge in [0.1, 0.15) is 12.0 Å². The van der Waals surface area contributed by atoms with Crippen molar-refractivity contribution in [2.24, 2.45) is 27.7 Å². The van der Waals surface area contributed by atoms with E-state index in [2.05, 4.69) is 40.8 Å². The molecular weight excluding hydrogens is 481 g/mol. The van der Waals surface area contributed by atoms with Gasteiger partial charge in [0.25, 0.3) is 0 Å². The Kier molecular flexibility index (Phi) is 9.31. The second kappa shape index (κ2) is 12.9. The van der Waals surface area contributed by atoms with Crippen LogP contribution in [-0.2, 0) is 9.53 Å². The van der Waals surface area contributed by atoms with Crippen molar-refractivity contribution >= 4 is 18.5 Å². The molecule has 0 aromatic carbocycles. The standard InChI is InChI=1S/C30H46FN5O2/c1-22-17-34(18-23(2)38-22)19-24-8-9-29(33-15-24)35-13-10-27(11-14-35)36(21-37)20-26-5-3-7-28(30(26)31)25-6-4-12-32-16-25/h8-9,12,16,21-24,26-28,30H,3-7,10-11,13-15,17-20H2,1-2H3. The lowest BCUT2D eigenvalue weighted by molar-refractivity contribution is -0.122. The zero-order chi connectivity index (χ0) is 26.5. The van der Waals surface area contributed by atoms with E-state index in [9.17, 15) is 4.79 Å². The van der Waals surface area contributed by atoms with Gasteiger partial charge in [-0.25, -0.2) is 4.39 Å². The third-order valence-electron chi connectivity index (χ3n) is 9.14. The number of amides is 1. The quantitative estimate of drug-likeness (QED) is 0.468. The average molecular weight is 528 g/mol. The van der Waals surface area contributed by atoms with Gasteiger partial charge in [-0.3, -0.25) is 19.7 Å². The lowest BCUT2D eigenvalue weighted by atomic mass is 9.74. The van der Waals surface area contributed by atoms with Crippen molar-refractivity contribution in [2.75, 3.05) is 45.8 Å². The summed E-state index contributed by atoms with van der Waals surface area (Å²) in [7, 11) is 0. The molecule has 7 nitrogen and oxygen atoms in total. The van der Waals surface area contributed by atoms with E-state index in [0.717, 1.165) is 102 Å². The van der Waals surface area contributed by atoms with Crippen molar-refractivity contribution in [3.05, 3.63) is 23.9 Å². The second-order valence-electron chi connectivity index (χ2n) is 12.1. The summed E-state index contributed by atoms with van der Waals surface area (Å²) in [5.41, 5.74) is 1.16. The van der Waals surface area contributed by atoms with Gasteiger partial charge in [0.15, 0.2) is 0 Å². The number of halogens is 1. The summed E-state index contributed by atoms with van der Waals surface area (Å²) in [6.07, 6.45) is 15.4. The topological polar surface area (TPSA) is 60.7 Å². The van der Waals surface area contributed by atoms with Crippen LogP contribution in [0.15, 0.2) is 33.9 Å². The number of piperidine rings is 1. The van der Waals surface area contributed by atoms with Crippen molar-refractivity contribution in [1.82, 2.24) is 14.7 Å². The third-order valence-corrected chi connectivity index (χ3v) is 9.14. The van der Waals surface area contributed by atoms with Gasteiger partial charge in [0.05, 0.1) is 12.2 Å². The van der Waals surface area contributed by atoms with Crippen LogP contribution in [0.2, 0.25) is 0 Å². The van der Waals surface area contributed by atoms with Crippen molar-refractivity contribution < 1.29 is 13.9 Å². The Hall–Kier alpha value is -2.06. The summed E-state index contributed by atoms with van der Waals surface area (Å²) in [5.74, 6) is 1.41. The third kappa shape index (κ3) is 6.74. The first-order chi connectivity index (χ1) is 18.5. The van der Waals surface area contributed by atoms with E-state index in [1.807, 2.05) is 17.3 Å². The first kappa shape index (κ1) is 27.5. The molecule has 0 aromatic rings. The number of aliphatic imine (C=N–C) groups is 2. The van der Waals surface area contributed by atoms with E-state index in [1.54, 1.807) is 0 Å². The van der Waals surface area contributed by atoms with Crippen molar-refractivity contribution in [3.8, 4) is 0 Å². The number of rotatable bonds is 7. The highest BCUT2D eigenvalue weighted by Gasteiger charge is 2.38. The maximum Gasteiger partial charge on any atom is 0.209 e. The molecule has 4 aliphatic heterocycles. The van der Waals surface area contributed by atoms with Crippen LogP contribution in [-0.4, -0.2) is 103 Å². The minimum atomic E-state index is -0.885. The lowest BCUT2D eigenvalue weighted by Crippen LogP contribution is -2.49. The maximum absolute atomic E-state index is 15.6. The number of morpholine rings is 1. The Bertz CT molecular complexity index is 918. The highest BCUT2D eigenvalue weighted by Crippen LogP contribution is 2.39. The number of carbonyl (C=O) groups excluding carboxylic acids is 1. The highest BCUT2D eigenvalue weighted by atomic mass is 19.1. The summed E-state index contributed by atoms with van der Waals surface area (Å²) in [4.78, 5) is 28.1. The molecule has 5 rings (SSSR count). The van der Waals surface area contributed by atoms with Crippen LogP contribution in [0.1, 0.15) is 58.8 Å². The summed E-state index contributed by atoms with van der Waals surface area (Å²) < 4.78 is 21.5. The molecule has 8 heteroatoms. The number of hydrogen-bond donors (Lipinski definition) is 0. The lowest BCUT2D eigenvalue weighted by Gasteiger charge is -2.42. The van der Waals surface area contributed by atoms with Gasteiger partial charge in [-0.1, -0.05) is 12.5 Å². The monoisotopic (exact) mass is 527 g/mol. The summed E-state index contributed by atoms with van der Waals surface area (Å²) in [6.45, 7) is 10.4. The van der Waals surface area contributed by atoms with Crippen LogP contribution in [0, 0.1) is 17.8 Å². The fourth-order valence-corrected chi connectivity index (χ4v) is 7.24. The summed E-state index contributed by atoms with van der Waals surface area (Å²) >= 11 is 0. The van der Waals surface area contributed by atoms with E-state index in [1.165, 1.54) is 0 Å². The van der Waals surface area contributed by atoms with Crippen molar-refractivity contribution in [2.45, 2.75) is 83.2 Å². The van der Waals surface area contributed by atoms with E-state index in [4.69, 9.17) is 9.73 Å². The minimum absolute atomic E-state index is 0.0310. The Morgan fingerprint density at radius 3 is 2.61 bits per heavy atom. The fourth-order valence-electron chi connectivity index (χ4n) is 7.24. The maximum atomic E-state index is 15.6. The molecule has 210 valence electrons. The number of carbonyl (C=O) groups is 1. The molecule has 1 amide bonds. The van der Waals surface area contributed by atoms with E-state index < -0.39 is 6.17 Å². The number of amidine groups is 1. The number of hydrogen-bond acceptors (Lipinski definition) is 6. The molecule has 0 aromatic heterocycles. The largest absolute Gasteiger partial charge is 0.373 e. The van der Waals surface area contributed by atoms with Gasteiger partial charge in [-0.15, -0.1) is 0 Å². The molecule has 0 spiro atoms. The molecule has 1 aliphatic carbocycles. The normalized spacial score (nSPS) is 35.1. The molecule has 0 N–H and O–H groups in total. The number of allylic oxidation sites excluding steroid dienone is 1. The van der Waals surface area contributed by atoms with Gasteiger partial charge in [-0.05, 0) is 64.0 Å². The summed E-state index contributed by atoms with van der Waals surface area (Å²) in [5, 5.41) is 0. The molecule has 5 aliphatic rings. The Morgan fingerprint density at radius 2 is 1.95 bits per heavy atom. The Labute approximate surface area is 227 Å². The molecular formula is C30H46FN5O2. The first-order valence-electron chi connectivity index (χ1n) is 14.9. The highest BCUT2D eigenvalue weighted by molar-refractivity contribution is 5.93. The number of likely N-dealkylation sites (tertiary alicyclic amines) is 1. The van der Waals surface area contributed by atoms with E-state index in [-0.39, 0.29) is 30.1 Å². The SMILES string of the molecule is CC1CN(CC2C=CC(N3CCC(N(C=O)CC4CCCC(C5=CN=CCC5)C4F)CC3)=NC2)CC(C)O1. The molecule has 6 unspecified atom stereocenters. The smallest absolute Gasteiger partial charge is 0.209 e. The number of ether oxygens (including phenoxy) is 1. The minimum Gasteiger partial charge on any atom is -0.373 e. The van der Waals surface area contributed by atoms with Crippen molar-refractivity contribution in [3.63, 3.8) is 0 Å². The Balaban J connectivity index is 1.08. The second-order valence-corrected chi connectivity index (χ2v) is 12.1. The predicted octanol–water partition coefficient (Wildman–Crippen LogP) is 4.11. The van der Waals surface area contributed by atoms with Crippen LogP contribution in [0.5, 0.6) is 0 Å². The number of alkyl halides is 1. The fraction of sp³-hybridized carbons (Fsp3) is 0.767. The van der Waals surface area contributed by atoms with Crippen LogP contribution in [0.25, 0.3) is 0 Å². The molecule has 2 saturated heterocycles. The van der Waals surface area contributed by atoms with Gasteiger partial charge < -0.3 is 14.5 Å². The van der Waals surface area contributed by atoms with Gasteiger partial charge in [0, 0.05) is 82.0 Å². The van der Waals surface area contributed by atoms with Gasteiger partial charge >= 0.3 is 0 Å². The van der Waals surface area contributed by atoms with Crippen LogP contribution >= 0.6 is 0 Å². The molecule has 6 atom stereocenters. The molecule has 4 heterocycles. The van der Waals surface area contributed by atoms with E-state index in [0.29, 0.717) is 12.5 Å². The van der Waals surface area contributed by atoms with E-state index >= 15 is 4.39 Å². The number of nitrogens with zero attached hydrogens (tertiary/aromatic N) is 5. The zero-order valence-corrected chi connectivity index (χ0v) is 23.3. The van der Waals surface area contributed by atoms with Gasteiger partial charge in [0.2, 0.25) is 6.41 Å². The van der Waals surface area contributed by atoms with Gasteiger partial charge in [-0.2, -0.15) is 0 Å². The number of dihydropyridines is 1. The predicted molar refractivity (Wildman–Crippen MR) is 150 cm³/mol. The van der Waals surface area contributed by atoms with Crippen molar-refractivity contribution in [1.29, 1.82) is 0 Å². The molecule has 38 heavy (non-hydrogen) atoms. The van der Waals surface area contributed by atoms with Crippen LogP contribution < -0.4 is 0 Å². The summed E-state index contributed by atoms with van der Waals surface area (Å²) in [6, 6.07) is 0.182. The average Bonchev–Trinajstić information content (AvgIpc) is 2.93. The first-order valence-corrected chi connectivity index (χ1v) is 14.9. The molecule has 0 bridgehead atoms.